The van der Waals surface area contributed by atoms with E-state index in [4.69, 9.17) is 4.52 Å². The normalized spacial score (nSPS) is 29.0. The van der Waals surface area contributed by atoms with Crippen LogP contribution >= 0.6 is 0 Å². The van der Waals surface area contributed by atoms with E-state index < -0.39 is 0 Å². The number of nitrogens with one attached hydrogen (secondary N) is 1. The molecule has 1 saturated heterocycles. The molecule has 4 heteroatoms. The third-order valence-corrected chi connectivity index (χ3v) is 4.02. The zero-order valence-electron chi connectivity index (χ0n) is 9.12. The third-order valence-electron chi connectivity index (χ3n) is 4.02. The van der Waals surface area contributed by atoms with E-state index in [-0.39, 0.29) is 0 Å². The highest BCUT2D eigenvalue weighted by molar-refractivity contribution is 5.11. The van der Waals surface area contributed by atoms with Crippen molar-refractivity contribution in [2.45, 2.75) is 38.5 Å². The summed E-state index contributed by atoms with van der Waals surface area (Å²) >= 11 is 0. The van der Waals surface area contributed by atoms with Gasteiger partial charge < -0.3 is 9.84 Å². The van der Waals surface area contributed by atoms with Crippen molar-refractivity contribution in [3.63, 3.8) is 0 Å². The van der Waals surface area contributed by atoms with Crippen molar-refractivity contribution in [1.82, 2.24) is 15.5 Å². The van der Waals surface area contributed by atoms with Gasteiger partial charge in [-0.1, -0.05) is 18.0 Å². The van der Waals surface area contributed by atoms with Gasteiger partial charge in [-0.25, -0.2) is 0 Å². The Hall–Kier alpha value is -0.900. The van der Waals surface area contributed by atoms with E-state index in [1.54, 1.807) is 0 Å². The minimum atomic E-state index is 0.427. The molecular weight excluding hydrogens is 190 g/mol. The van der Waals surface area contributed by atoms with Gasteiger partial charge in [0.1, 0.15) is 0 Å². The van der Waals surface area contributed by atoms with Crippen molar-refractivity contribution in [3.8, 4) is 0 Å². The summed E-state index contributed by atoms with van der Waals surface area (Å²) < 4.78 is 5.09. The fourth-order valence-corrected chi connectivity index (χ4v) is 3.23. The summed E-state index contributed by atoms with van der Waals surface area (Å²) in [6.45, 7) is 4.00. The van der Waals surface area contributed by atoms with Gasteiger partial charge in [-0.15, -0.1) is 0 Å². The second kappa shape index (κ2) is 3.30. The van der Waals surface area contributed by atoms with Gasteiger partial charge in [-0.2, -0.15) is 4.98 Å². The molecule has 82 valence electrons. The molecule has 3 rings (SSSR count). The second-order valence-corrected chi connectivity index (χ2v) is 4.92. The van der Waals surface area contributed by atoms with E-state index in [2.05, 4.69) is 15.5 Å². The SMILES string of the molecule is Cc1nc(C2CNCC23CCCC3)no1. The predicted octanol–water partition coefficient (Wildman–Crippen LogP) is 1.63. The van der Waals surface area contributed by atoms with Gasteiger partial charge in [0, 0.05) is 25.9 Å². The largest absolute Gasteiger partial charge is 0.340 e. The lowest BCUT2D eigenvalue weighted by atomic mass is 9.76. The summed E-state index contributed by atoms with van der Waals surface area (Å²) in [5, 5.41) is 7.58. The van der Waals surface area contributed by atoms with Gasteiger partial charge in [0.15, 0.2) is 5.82 Å². The van der Waals surface area contributed by atoms with Crippen LogP contribution in [0, 0.1) is 12.3 Å². The monoisotopic (exact) mass is 207 g/mol. The molecule has 1 atom stereocenters. The Morgan fingerprint density at radius 3 is 2.87 bits per heavy atom. The van der Waals surface area contributed by atoms with Gasteiger partial charge in [0.2, 0.25) is 5.89 Å². The topological polar surface area (TPSA) is 51.0 Å². The van der Waals surface area contributed by atoms with Crippen LogP contribution in [0.4, 0.5) is 0 Å². The highest BCUT2D eigenvalue weighted by atomic mass is 16.5. The fourth-order valence-electron chi connectivity index (χ4n) is 3.23. The average molecular weight is 207 g/mol. The second-order valence-electron chi connectivity index (χ2n) is 4.92. The summed E-state index contributed by atoms with van der Waals surface area (Å²) in [5.74, 6) is 2.07. The molecule has 1 unspecified atom stereocenters. The maximum Gasteiger partial charge on any atom is 0.223 e. The first-order valence-corrected chi connectivity index (χ1v) is 5.81. The summed E-state index contributed by atoms with van der Waals surface area (Å²) in [6, 6.07) is 0. The molecule has 2 fully saturated rings. The Morgan fingerprint density at radius 1 is 1.40 bits per heavy atom. The zero-order valence-corrected chi connectivity index (χ0v) is 9.12. The zero-order chi connectivity index (χ0) is 10.3. The van der Waals surface area contributed by atoms with Crippen LogP contribution in [0.15, 0.2) is 4.52 Å². The molecule has 1 N–H and O–H groups in total. The first-order valence-electron chi connectivity index (χ1n) is 5.81. The molecular formula is C11H17N3O. The first-order chi connectivity index (χ1) is 7.30. The van der Waals surface area contributed by atoms with Gasteiger partial charge in [-0.05, 0) is 18.3 Å². The summed E-state index contributed by atoms with van der Waals surface area (Å²) in [7, 11) is 0. The number of aromatic nitrogens is 2. The summed E-state index contributed by atoms with van der Waals surface area (Å²) in [6.07, 6.45) is 5.35. The summed E-state index contributed by atoms with van der Waals surface area (Å²) in [4.78, 5) is 4.39. The van der Waals surface area contributed by atoms with Crippen LogP contribution in [-0.2, 0) is 0 Å². The Bertz CT molecular complexity index is 349. The Balaban J connectivity index is 1.91. The maximum absolute atomic E-state index is 5.09. The number of hydrogen-bond donors (Lipinski definition) is 1. The van der Waals surface area contributed by atoms with Crippen molar-refractivity contribution < 1.29 is 4.52 Å². The number of rotatable bonds is 1. The molecule has 0 aromatic carbocycles. The molecule has 1 aromatic rings. The van der Waals surface area contributed by atoms with Crippen molar-refractivity contribution in [1.29, 1.82) is 0 Å². The molecule has 1 aromatic heterocycles. The van der Waals surface area contributed by atoms with Crippen LogP contribution in [0.2, 0.25) is 0 Å². The lowest BCUT2D eigenvalue weighted by molar-refractivity contribution is 0.279. The molecule has 1 spiro atoms. The quantitative estimate of drug-likeness (QED) is 0.760. The van der Waals surface area contributed by atoms with E-state index in [1.165, 1.54) is 25.7 Å². The van der Waals surface area contributed by atoms with Crippen LogP contribution in [-0.4, -0.2) is 23.2 Å². The fraction of sp³-hybridized carbons (Fsp3) is 0.818. The molecule has 1 aliphatic heterocycles. The lowest BCUT2D eigenvalue weighted by Gasteiger charge is -2.27. The van der Waals surface area contributed by atoms with Gasteiger partial charge in [-0.3, -0.25) is 0 Å². The van der Waals surface area contributed by atoms with Crippen LogP contribution in [0.1, 0.15) is 43.3 Å². The molecule has 2 heterocycles. The molecule has 2 aliphatic rings. The van der Waals surface area contributed by atoms with Crippen molar-refractivity contribution in [3.05, 3.63) is 11.7 Å². The molecule has 1 saturated carbocycles. The Morgan fingerprint density at radius 2 is 2.20 bits per heavy atom. The minimum absolute atomic E-state index is 0.427. The standard InChI is InChI=1S/C11H17N3O/c1-8-13-10(14-15-8)9-6-12-7-11(9)4-2-3-5-11/h9,12H,2-7H2,1H3. The Labute approximate surface area is 89.4 Å². The highest BCUT2D eigenvalue weighted by Crippen LogP contribution is 2.50. The number of hydrogen-bond acceptors (Lipinski definition) is 4. The van der Waals surface area contributed by atoms with Gasteiger partial charge in [0.25, 0.3) is 0 Å². The van der Waals surface area contributed by atoms with Crippen LogP contribution in [0.3, 0.4) is 0 Å². The molecule has 15 heavy (non-hydrogen) atoms. The lowest BCUT2D eigenvalue weighted by Crippen LogP contribution is -2.25. The number of nitrogens with zero attached hydrogens (tertiary/aromatic N) is 2. The van der Waals surface area contributed by atoms with E-state index in [9.17, 15) is 0 Å². The molecule has 0 bridgehead atoms. The number of aryl methyl sites for hydroxylation is 1. The highest BCUT2D eigenvalue weighted by Gasteiger charge is 2.47. The van der Waals surface area contributed by atoms with Gasteiger partial charge in [0.05, 0.1) is 0 Å². The maximum atomic E-state index is 5.09. The van der Waals surface area contributed by atoms with E-state index in [0.29, 0.717) is 17.2 Å². The van der Waals surface area contributed by atoms with E-state index in [0.717, 1.165) is 18.9 Å². The van der Waals surface area contributed by atoms with Crippen LogP contribution in [0.5, 0.6) is 0 Å². The smallest absolute Gasteiger partial charge is 0.223 e. The van der Waals surface area contributed by atoms with Crippen LogP contribution < -0.4 is 5.32 Å². The van der Waals surface area contributed by atoms with Crippen molar-refractivity contribution in [2.75, 3.05) is 13.1 Å². The Kier molecular flexibility index (Phi) is 2.06. The average Bonchev–Trinajstić information content (AvgIpc) is 2.90. The predicted molar refractivity (Wildman–Crippen MR) is 55.5 cm³/mol. The first kappa shape index (κ1) is 9.33. The molecule has 4 nitrogen and oxygen atoms in total. The van der Waals surface area contributed by atoms with Crippen molar-refractivity contribution >= 4 is 0 Å². The van der Waals surface area contributed by atoms with E-state index in [1.807, 2.05) is 6.92 Å². The van der Waals surface area contributed by atoms with E-state index >= 15 is 0 Å². The molecule has 1 aliphatic carbocycles. The molecule has 0 amide bonds. The minimum Gasteiger partial charge on any atom is -0.340 e. The molecule has 0 radical (unpaired) electrons. The third kappa shape index (κ3) is 1.39. The van der Waals surface area contributed by atoms with Crippen molar-refractivity contribution in [2.24, 2.45) is 5.41 Å². The van der Waals surface area contributed by atoms with Crippen LogP contribution in [0.25, 0.3) is 0 Å². The summed E-state index contributed by atoms with van der Waals surface area (Å²) in [5.41, 5.74) is 0.427. The van der Waals surface area contributed by atoms with Gasteiger partial charge >= 0.3 is 0 Å².